The van der Waals surface area contributed by atoms with Crippen molar-refractivity contribution < 1.29 is 4.79 Å². The summed E-state index contributed by atoms with van der Waals surface area (Å²) in [4.78, 5) is 12.3. The lowest BCUT2D eigenvalue weighted by atomic mass is 10.1. The summed E-state index contributed by atoms with van der Waals surface area (Å²) in [5.41, 5.74) is 5.65. The Morgan fingerprint density at radius 2 is 2.54 bits per heavy atom. The van der Waals surface area contributed by atoms with Crippen molar-refractivity contribution in [1.29, 1.82) is 0 Å². The Hall–Kier alpha value is -0.450. The maximum absolute atomic E-state index is 11.6. The van der Waals surface area contributed by atoms with E-state index in [0.717, 1.165) is 4.47 Å². The molecule has 1 heterocycles. The Morgan fingerprint density at radius 3 is 3.00 bits per heavy atom. The van der Waals surface area contributed by atoms with E-state index < -0.39 is 6.04 Å². The van der Waals surface area contributed by atoms with Gasteiger partial charge in [0.15, 0.2) is 5.78 Å². The second-order valence-corrected chi connectivity index (χ2v) is 4.36. The van der Waals surface area contributed by atoms with Crippen molar-refractivity contribution in [2.75, 3.05) is 0 Å². The number of ketones is 1. The van der Waals surface area contributed by atoms with Crippen LogP contribution >= 0.6 is 27.3 Å². The van der Waals surface area contributed by atoms with Crippen molar-refractivity contribution in [2.45, 2.75) is 12.5 Å². The largest absolute Gasteiger partial charge is 0.321 e. The maximum Gasteiger partial charge on any atom is 0.190 e. The van der Waals surface area contributed by atoms with Gasteiger partial charge in [-0.25, -0.2) is 0 Å². The fraction of sp³-hybridized carbons (Fsp3) is 0.222. The highest BCUT2D eigenvalue weighted by molar-refractivity contribution is 9.10. The zero-order valence-corrected chi connectivity index (χ0v) is 9.40. The van der Waals surface area contributed by atoms with Gasteiger partial charge < -0.3 is 5.73 Å². The van der Waals surface area contributed by atoms with Crippen LogP contribution in [0.1, 0.15) is 16.1 Å². The topological polar surface area (TPSA) is 43.1 Å². The number of carbonyl (C=O) groups is 1. The van der Waals surface area contributed by atoms with Crippen molar-refractivity contribution in [3.63, 3.8) is 0 Å². The highest BCUT2D eigenvalue weighted by Crippen LogP contribution is 2.24. The molecule has 4 heteroatoms. The Bertz CT molecular complexity index is 321. The Labute approximate surface area is 89.6 Å². The summed E-state index contributed by atoms with van der Waals surface area (Å²) in [5.74, 6) is -0.0261. The van der Waals surface area contributed by atoms with Crippen LogP contribution < -0.4 is 5.73 Å². The number of nitrogens with two attached hydrogens (primary N) is 1. The molecule has 0 spiro atoms. The van der Waals surface area contributed by atoms with E-state index in [0.29, 0.717) is 11.3 Å². The number of hydrogen-bond acceptors (Lipinski definition) is 3. The molecule has 0 saturated carbocycles. The van der Waals surface area contributed by atoms with Crippen LogP contribution in [0.4, 0.5) is 0 Å². The van der Waals surface area contributed by atoms with Gasteiger partial charge >= 0.3 is 0 Å². The first-order valence-corrected chi connectivity index (χ1v) is 5.47. The molecule has 0 radical (unpaired) electrons. The van der Waals surface area contributed by atoms with Crippen LogP contribution in [0.15, 0.2) is 28.6 Å². The standard InChI is InChI=1S/C9H10BrNOS/c1-2-3-7(11)8(12)9-6(10)4-5-13-9/h2,4-5,7H,1,3,11H2. The molecule has 1 atom stereocenters. The van der Waals surface area contributed by atoms with Crippen molar-refractivity contribution in [2.24, 2.45) is 5.73 Å². The normalized spacial score (nSPS) is 12.5. The van der Waals surface area contributed by atoms with E-state index in [1.165, 1.54) is 11.3 Å². The van der Waals surface area contributed by atoms with Gasteiger partial charge in [0.25, 0.3) is 0 Å². The van der Waals surface area contributed by atoms with Crippen LogP contribution in [0.3, 0.4) is 0 Å². The molecule has 0 fully saturated rings. The summed E-state index contributed by atoms with van der Waals surface area (Å²) in [6.07, 6.45) is 2.17. The van der Waals surface area contributed by atoms with Gasteiger partial charge in [0, 0.05) is 4.47 Å². The molecule has 1 unspecified atom stereocenters. The van der Waals surface area contributed by atoms with Crippen LogP contribution in [0.2, 0.25) is 0 Å². The van der Waals surface area contributed by atoms with E-state index >= 15 is 0 Å². The van der Waals surface area contributed by atoms with Crippen LogP contribution in [0.5, 0.6) is 0 Å². The molecule has 1 aromatic rings. The molecule has 0 aliphatic rings. The molecular weight excluding hydrogens is 250 g/mol. The third kappa shape index (κ3) is 2.49. The van der Waals surface area contributed by atoms with Crippen LogP contribution in [-0.2, 0) is 0 Å². The van der Waals surface area contributed by atoms with Gasteiger partial charge in [-0.2, -0.15) is 0 Å². The van der Waals surface area contributed by atoms with Gasteiger partial charge in [-0.1, -0.05) is 6.08 Å². The third-order valence-electron chi connectivity index (χ3n) is 1.60. The molecule has 0 amide bonds. The minimum absolute atomic E-state index is 0.0261. The number of halogens is 1. The predicted octanol–water partition coefficient (Wildman–Crippen LogP) is 2.60. The summed E-state index contributed by atoms with van der Waals surface area (Å²) in [7, 11) is 0. The summed E-state index contributed by atoms with van der Waals surface area (Å²) in [6.45, 7) is 3.55. The molecule has 0 aromatic carbocycles. The van der Waals surface area contributed by atoms with Gasteiger partial charge in [0.1, 0.15) is 0 Å². The van der Waals surface area contributed by atoms with E-state index in [1.54, 1.807) is 6.08 Å². The van der Waals surface area contributed by atoms with Crippen molar-refractivity contribution in [3.8, 4) is 0 Å². The molecule has 1 rings (SSSR count). The maximum atomic E-state index is 11.6. The second kappa shape index (κ2) is 4.69. The van der Waals surface area contributed by atoms with Gasteiger partial charge in [-0.15, -0.1) is 17.9 Å². The molecular formula is C9H10BrNOS. The van der Waals surface area contributed by atoms with Crippen LogP contribution in [-0.4, -0.2) is 11.8 Å². The van der Waals surface area contributed by atoms with Crippen molar-refractivity contribution in [1.82, 2.24) is 0 Å². The van der Waals surface area contributed by atoms with Gasteiger partial charge in [0.05, 0.1) is 10.9 Å². The Morgan fingerprint density at radius 1 is 1.85 bits per heavy atom. The van der Waals surface area contributed by atoms with Gasteiger partial charge in [-0.3, -0.25) is 4.79 Å². The van der Waals surface area contributed by atoms with E-state index in [-0.39, 0.29) is 5.78 Å². The number of Topliss-reactive ketones (excluding diaryl/α,β-unsaturated/α-hetero) is 1. The number of thiophene rings is 1. The van der Waals surface area contributed by atoms with Crippen molar-refractivity contribution >= 4 is 33.0 Å². The fourth-order valence-corrected chi connectivity index (χ4v) is 2.50. The van der Waals surface area contributed by atoms with Gasteiger partial charge in [-0.05, 0) is 33.8 Å². The first kappa shape index (κ1) is 10.6. The van der Waals surface area contributed by atoms with E-state index in [9.17, 15) is 4.79 Å². The first-order valence-electron chi connectivity index (χ1n) is 3.80. The molecule has 13 heavy (non-hydrogen) atoms. The quantitative estimate of drug-likeness (QED) is 0.668. The first-order chi connectivity index (χ1) is 6.16. The van der Waals surface area contributed by atoms with E-state index in [4.69, 9.17) is 5.73 Å². The van der Waals surface area contributed by atoms with E-state index in [1.807, 2.05) is 11.4 Å². The lowest BCUT2D eigenvalue weighted by Gasteiger charge is -2.05. The van der Waals surface area contributed by atoms with Crippen LogP contribution in [0, 0.1) is 0 Å². The summed E-state index contributed by atoms with van der Waals surface area (Å²) < 4.78 is 0.821. The summed E-state index contributed by atoms with van der Waals surface area (Å²) >= 11 is 4.70. The molecule has 0 bridgehead atoms. The number of hydrogen-bond donors (Lipinski definition) is 1. The number of carbonyl (C=O) groups excluding carboxylic acids is 1. The van der Waals surface area contributed by atoms with Gasteiger partial charge in [0.2, 0.25) is 0 Å². The third-order valence-corrected chi connectivity index (χ3v) is 3.45. The predicted molar refractivity (Wildman–Crippen MR) is 59.1 cm³/mol. The lowest BCUT2D eigenvalue weighted by Crippen LogP contribution is -2.29. The zero-order valence-electron chi connectivity index (χ0n) is 7.00. The van der Waals surface area contributed by atoms with Crippen molar-refractivity contribution in [3.05, 3.63) is 33.5 Å². The monoisotopic (exact) mass is 259 g/mol. The SMILES string of the molecule is C=CCC(N)C(=O)c1sccc1Br. The second-order valence-electron chi connectivity index (χ2n) is 2.59. The summed E-state index contributed by atoms with van der Waals surface area (Å²) in [6, 6.07) is 1.38. The molecule has 70 valence electrons. The minimum atomic E-state index is -0.465. The molecule has 2 N–H and O–H groups in total. The smallest absolute Gasteiger partial charge is 0.190 e. The highest BCUT2D eigenvalue weighted by atomic mass is 79.9. The number of rotatable bonds is 4. The Balaban J connectivity index is 2.79. The molecule has 1 aromatic heterocycles. The Kier molecular flexibility index (Phi) is 3.84. The molecule has 2 nitrogen and oxygen atoms in total. The molecule has 0 aliphatic carbocycles. The highest BCUT2D eigenvalue weighted by Gasteiger charge is 2.17. The average molecular weight is 260 g/mol. The summed E-state index contributed by atoms with van der Waals surface area (Å²) in [5, 5.41) is 1.86. The fourth-order valence-electron chi connectivity index (χ4n) is 0.925. The van der Waals surface area contributed by atoms with Crippen LogP contribution in [0.25, 0.3) is 0 Å². The molecule has 0 saturated heterocycles. The minimum Gasteiger partial charge on any atom is -0.321 e. The average Bonchev–Trinajstić information content (AvgIpc) is 2.50. The lowest BCUT2D eigenvalue weighted by molar-refractivity contribution is 0.0965. The molecule has 0 aliphatic heterocycles. The van der Waals surface area contributed by atoms with E-state index in [2.05, 4.69) is 22.5 Å². The zero-order chi connectivity index (χ0) is 9.84.